The minimum absolute atomic E-state index is 0.00542. The van der Waals surface area contributed by atoms with Gasteiger partial charge in [-0.25, -0.2) is 0 Å². The van der Waals surface area contributed by atoms with E-state index >= 15 is 0 Å². The first kappa shape index (κ1) is 9.97. The topological polar surface area (TPSA) is 32.9 Å². The summed E-state index contributed by atoms with van der Waals surface area (Å²) in [5.74, 6) is 0. The highest BCUT2D eigenvalue weighted by molar-refractivity contribution is 5.84. The number of hydrogen-bond acceptors (Lipinski definition) is 1. The molecule has 78 valence electrons. The normalized spacial score (nSPS) is 10.7. The lowest BCUT2D eigenvalue weighted by molar-refractivity contribution is 0.799. The van der Waals surface area contributed by atoms with Crippen LogP contribution in [0.25, 0.3) is 10.8 Å². The van der Waals surface area contributed by atoms with Gasteiger partial charge in [-0.1, -0.05) is 25.5 Å². The summed E-state index contributed by atoms with van der Waals surface area (Å²) >= 11 is 0. The first-order chi connectivity index (χ1) is 7.33. The van der Waals surface area contributed by atoms with Crippen LogP contribution in [-0.2, 0) is 6.42 Å². The second-order valence-electron chi connectivity index (χ2n) is 3.79. The molecule has 2 nitrogen and oxygen atoms in total. The molecule has 15 heavy (non-hydrogen) atoms. The summed E-state index contributed by atoms with van der Waals surface area (Å²) in [7, 11) is 0. The van der Waals surface area contributed by atoms with Crippen LogP contribution >= 0.6 is 0 Å². The van der Waals surface area contributed by atoms with Gasteiger partial charge in [0.1, 0.15) is 0 Å². The molecule has 1 N–H and O–H groups in total. The molecule has 0 unspecified atom stereocenters. The molecule has 0 aliphatic heterocycles. The van der Waals surface area contributed by atoms with Crippen LogP contribution in [0.4, 0.5) is 0 Å². The van der Waals surface area contributed by atoms with Crippen LogP contribution in [0, 0.1) is 0 Å². The quantitative estimate of drug-likeness (QED) is 0.813. The van der Waals surface area contributed by atoms with E-state index in [1.54, 1.807) is 6.20 Å². The zero-order valence-electron chi connectivity index (χ0n) is 8.92. The summed E-state index contributed by atoms with van der Waals surface area (Å²) in [5.41, 5.74) is 1.28. The van der Waals surface area contributed by atoms with Crippen molar-refractivity contribution >= 4 is 10.8 Å². The van der Waals surface area contributed by atoms with Crippen molar-refractivity contribution in [2.45, 2.75) is 26.2 Å². The third-order valence-electron chi connectivity index (χ3n) is 2.71. The maximum atomic E-state index is 11.5. The Morgan fingerprint density at radius 1 is 1.20 bits per heavy atom. The highest BCUT2D eigenvalue weighted by Gasteiger charge is 2.02. The van der Waals surface area contributed by atoms with Gasteiger partial charge in [0, 0.05) is 11.6 Å². The molecule has 0 amide bonds. The Balaban J connectivity index is 2.56. The summed E-state index contributed by atoms with van der Waals surface area (Å²) in [6.07, 6.45) is 5.13. The lowest BCUT2D eigenvalue weighted by atomic mass is 10.0. The number of H-pyrrole nitrogens is 1. The van der Waals surface area contributed by atoms with Gasteiger partial charge in [-0.05, 0) is 35.9 Å². The van der Waals surface area contributed by atoms with E-state index in [4.69, 9.17) is 0 Å². The van der Waals surface area contributed by atoms with E-state index in [-0.39, 0.29) is 5.56 Å². The number of aromatic nitrogens is 1. The minimum Gasteiger partial charge on any atom is -0.329 e. The Bertz CT molecular complexity index is 513. The van der Waals surface area contributed by atoms with Gasteiger partial charge in [-0.15, -0.1) is 0 Å². The smallest absolute Gasteiger partial charge is 0.255 e. The fourth-order valence-electron chi connectivity index (χ4n) is 1.87. The first-order valence-electron chi connectivity index (χ1n) is 5.42. The summed E-state index contributed by atoms with van der Waals surface area (Å²) < 4.78 is 0. The molecule has 0 aliphatic carbocycles. The van der Waals surface area contributed by atoms with Crippen molar-refractivity contribution in [1.29, 1.82) is 0 Å². The molecule has 1 heterocycles. The van der Waals surface area contributed by atoms with Crippen LogP contribution in [-0.4, -0.2) is 4.98 Å². The molecule has 0 saturated heterocycles. The van der Waals surface area contributed by atoms with Gasteiger partial charge in [0.2, 0.25) is 0 Å². The van der Waals surface area contributed by atoms with E-state index in [0.29, 0.717) is 0 Å². The first-order valence-corrected chi connectivity index (χ1v) is 5.42. The summed E-state index contributed by atoms with van der Waals surface area (Å²) in [4.78, 5) is 14.3. The van der Waals surface area contributed by atoms with Gasteiger partial charge < -0.3 is 4.98 Å². The molecule has 0 aliphatic rings. The average Bonchev–Trinajstić information content (AvgIpc) is 2.27. The molecule has 1 aromatic carbocycles. The Labute approximate surface area is 89.0 Å². The van der Waals surface area contributed by atoms with E-state index in [2.05, 4.69) is 18.0 Å². The van der Waals surface area contributed by atoms with Gasteiger partial charge in [0.25, 0.3) is 5.56 Å². The third kappa shape index (κ3) is 1.94. The number of pyridine rings is 1. The highest BCUT2D eigenvalue weighted by Crippen LogP contribution is 2.16. The molecule has 0 spiro atoms. The molecule has 2 rings (SSSR count). The van der Waals surface area contributed by atoms with Crippen LogP contribution in [0.2, 0.25) is 0 Å². The zero-order chi connectivity index (χ0) is 10.7. The Morgan fingerprint density at radius 3 is 2.87 bits per heavy atom. The molecule has 0 bridgehead atoms. The Hall–Kier alpha value is -1.57. The monoisotopic (exact) mass is 201 g/mol. The highest BCUT2D eigenvalue weighted by atomic mass is 16.1. The molecule has 0 atom stereocenters. The maximum absolute atomic E-state index is 11.5. The fourth-order valence-corrected chi connectivity index (χ4v) is 1.87. The predicted molar refractivity (Wildman–Crippen MR) is 63.2 cm³/mol. The zero-order valence-corrected chi connectivity index (χ0v) is 8.92. The SMILES string of the molecule is CCCCc1cccc2c(=O)[nH]ccc12. The number of rotatable bonds is 3. The molecule has 0 saturated carbocycles. The predicted octanol–water partition coefficient (Wildman–Crippen LogP) is 2.87. The summed E-state index contributed by atoms with van der Waals surface area (Å²) in [6.45, 7) is 2.18. The maximum Gasteiger partial charge on any atom is 0.255 e. The molecule has 2 aromatic rings. The van der Waals surface area contributed by atoms with E-state index in [0.717, 1.165) is 17.2 Å². The van der Waals surface area contributed by atoms with Crippen LogP contribution in [0.15, 0.2) is 35.3 Å². The van der Waals surface area contributed by atoms with Crippen molar-refractivity contribution in [3.05, 3.63) is 46.4 Å². The lowest BCUT2D eigenvalue weighted by Crippen LogP contribution is -2.05. The second-order valence-corrected chi connectivity index (χ2v) is 3.79. The van der Waals surface area contributed by atoms with Crippen molar-refractivity contribution in [3.63, 3.8) is 0 Å². The Morgan fingerprint density at radius 2 is 2.07 bits per heavy atom. The van der Waals surface area contributed by atoms with Crippen LogP contribution in [0.3, 0.4) is 0 Å². The number of fused-ring (bicyclic) bond motifs is 1. The fraction of sp³-hybridized carbons (Fsp3) is 0.308. The van der Waals surface area contributed by atoms with Crippen molar-refractivity contribution in [2.24, 2.45) is 0 Å². The molecule has 1 aromatic heterocycles. The molecular formula is C13H15NO. The van der Waals surface area contributed by atoms with Gasteiger partial charge in [-0.3, -0.25) is 4.79 Å². The van der Waals surface area contributed by atoms with Crippen molar-refractivity contribution in [2.75, 3.05) is 0 Å². The summed E-state index contributed by atoms with van der Waals surface area (Å²) in [6, 6.07) is 7.94. The molecular weight excluding hydrogens is 186 g/mol. The average molecular weight is 201 g/mol. The van der Waals surface area contributed by atoms with E-state index < -0.39 is 0 Å². The number of aromatic amines is 1. The third-order valence-corrected chi connectivity index (χ3v) is 2.71. The van der Waals surface area contributed by atoms with Crippen molar-refractivity contribution < 1.29 is 0 Å². The molecule has 2 heteroatoms. The van der Waals surface area contributed by atoms with Crippen molar-refractivity contribution in [1.82, 2.24) is 4.98 Å². The number of nitrogens with one attached hydrogen (secondary N) is 1. The molecule has 0 radical (unpaired) electrons. The van der Waals surface area contributed by atoms with Gasteiger partial charge >= 0.3 is 0 Å². The molecule has 0 fully saturated rings. The van der Waals surface area contributed by atoms with E-state index in [1.165, 1.54) is 18.4 Å². The summed E-state index contributed by atoms with van der Waals surface area (Å²) in [5, 5.41) is 1.89. The van der Waals surface area contributed by atoms with Crippen LogP contribution in [0.5, 0.6) is 0 Å². The van der Waals surface area contributed by atoms with E-state index in [9.17, 15) is 4.79 Å². The number of unbranched alkanes of at least 4 members (excludes halogenated alkanes) is 1. The van der Waals surface area contributed by atoms with Gasteiger partial charge in [0.15, 0.2) is 0 Å². The van der Waals surface area contributed by atoms with Crippen LogP contribution in [0.1, 0.15) is 25.3 Å². The van der Waals surface area contributed by atoms with Crippen molar-refractivity contribution in [3.8, 4) is 0 Å². The van der Waals surface area contributed by atoms with Crippen LogP contribution < -0.4 is 5.56 Å². The number of benzene rings is 1. The lowest BCUT2D eigenvalue weighted by Gasteiger charge is -2.04. The largest absolute Gasteiger partial charge is 0.329 e. The second kappa shape index (κ2) is 4.30. The standard InChI is InChI=1S/C13H15NO/c1-2-3-5-10-6-4-7-12-11(10)8-9-14-13(12)15/h4,6-9H,2-3,5H2,1H3,(H,14,15). The van der Waals surface area contributed by atoms with Gasteiger partial charge in [0.05, 0.1) is 0 Å². The minimum atomic E-state index is 0.00542. The van der Waals surface area contributed by atoms with E-state index in [1.807, 2.05) is 18.2 Å². The number of hydrogen-bond donors (Lipinski definition) is 1. The van der Waals surface area contributed by atoms with Gasteiger partial charge in [-0.2, -0.15) is 0 Å². The number of aryl methyl sites for hydroxylation is 1. The Kier molecular flexibility index (Phi) is 2.86.